The van der Waals surface area contributed by atoms with Gasteiger partial charge in [0, 0.05) is 7.05 Å². The summed E-state index contributed by atoms with van der Waals surface area (Å²) in [6, 6.07) is 0. The standard InChI is InChI=1S/C8H12N2O2/c1-10-6(11)5-8(7(10)12)3-2-4-9-8/h9H,2-5H2,1H3. The summed E-state index contributed by atoms with van der Waals surface area (Å²) in [6.07, 6.45) is 2.15. The van der Waals surface area contributed by atoms with Gasteiger partial charge in [-0.1, -0.05) is 0 Å². The van der Waals surface area contributed by atoms with Gasteiger partial charge < -0.3 is 5.32 Å². The van der Waals surface area contributed by atoms with Crippen molar-refractivity contribution in [3.63, 3.8) is 0 Å². The van der Waals surface area contributed by atoms with Crippen LogP contribution in [0.3, 0.4) is 0 Å². The quantitative estimate of drug-likeness (QED) is 0.496. The molecule has 1 N–H and O–H groups in total. The molecule has 0 aromatic heterocycles. The largest absolute Gasteiger partial charge is 0.303 e. The minimum atomic E-state index is -0.522. The monoisotopic (exact) mass is 168 g/mol. The lowest BCUT2D eigenvalue weighted by Crippen LogP contribution is -2.46. The molecule has 0 aromatic rings. The summed E-state index contributed by atoms with van der Waals surface area (Å²) in [5, 5.41) is 3.13. The zero-order valence-corrected chi connectivity index (χ0v) is 7.09. The van der Waals surface area contributed by atoms with E-state index in [1.165, 1.54) is 4.90 Å². The fourth-order valence-electron chi connectivity index (χ4n) is 2.03. The topological polar surface area (TPSA) is 49.4 Å². The number of likely N-dealkylation sites (N-methyl/N-ethyl adjacent to an activating group) is 1. The molecular weight excluding hydrogens is 156 g/mol. The van der Waals surface area contributed by atoms with Crippen LogP contribution in [0.2, 0.25) is 0 Å². The zero-order valence-electron chi connectivity index (χ0n) is 7.09. The maximum absolute atomic E-state index is 11.6. The van der Waals surface area contributed by atoms with Crippen LogP contribution in [0.1, 0.15) is 19.3 Å². The Labute approximate surface area is 70.9 Å². The predicted octanol–water partition coefficient (Wildman–Crippen LogP) is -0.503. The van der Waals surface area contributed by atoms with E-state index in [0.29, 0.717) is 6.42 Å². The van der Waals surface area contributed by atoms with Crippen LogP contribution in [0, 0.1) is 0 Å². The van der Waals surface area contributed by atoms with E-state index >= 15 is 0 Å². The Morgan fingerprint density at radius 1 is 1.50 bits per heavy atom. The number of likely N-dealkylation sites (tertiary alicyclic amines) is 1. The van der Waals surface area contributed by atoms with Gasteiger partial charge in [0.2, 0.25) is 11.8 Å². The molecular formula is C8H12N2O2. The van der Waals surface area contributed by atoms with Gasteiger partial charge in [-0.3, -0.25) is 14.5 Å². The van der Waals surface area contributed by atoms with E-state index in [4.69, 9.17) is 0 Å². The molecule has 0 aliphatic carbocycles. The summed E-state index contributed by atoms with van der Waals surface area (Å²) in [4.78, 5) is 24.0. The van der Waals surface area contributed by atoms with Crippen molar-refractivity contribution in [2.24, 2.45) is 0 Å². The van der Waals surface area contributed by atoms with Gasteiger partial charge in [0.15, 0.2) is 0 Å². The molecule has 12 heavy (non-hydrogen) atoms. The molecule has 2 rings (SSSR count). The Kier molecular flexibility index (Phi) is 1.48. The van der Waals surface area contributed by atoms with E-state index < -0.39 is 5.54 Å². The number of carbonyl (C=O) groups is 2. The molecule has 0 radical (unpaired) electrons. The van der Waals surface area contributed by atoms with Crippen molar-refractivity contribution in [1.29, 1.82) is 0 Å². The molecule has 1 unspecified atom stereocenters. The van der Waals surface area contributed by atoms with E-state index in [1.807, 2.05) is 0 Å². The minimum Gasteiger partial charge on any atom is -0.303 e. The van der Waals surface area contributed by atoms with Crippen LogP contribution in [0.15, 0.2) is 0 Å². The van der Waals surface area contributed by atoms with Gasteiger partial charge in [-0.15, -0.1) is 0 Å². The molecule has 4 nitrogen and oxygen atoms in total. The van der Waals surface area contributed by atoms with Gasteiger partial charge >= 0.3 is 0 Å². The molecule has 2 saturated heterocycles. The summed E-state index contributed by atoms with van der Waals surface area (Å²) in [5.41, 5.74) is -0.522. The van der Waals surface area contributed by atoms with Crippen molar-refractivity contribution in [3.05, 3.63) is 0 Å². The molecule has 1 atom stereocenters. The summed E-state index contributed by atoms with van der Waals surface area (Å²) < 4.78 is 0. The van der Waals surface area contributed by atoms with Crippen molar-refractivity contribution < 1.29 is 9.59 Å². The van der Waals surface area contributed by atoms with E-state index in [0.717, 1.165) is 19.4 Å². The number of nitrogens with zero attached hydrogens (tertiary/aromatic N) is 1. The van der Waals surface area contributed by atoms with Crippen LogP contribution in [-0.4, -0.2) is 35.8 Å². The number of carbonyl (C=O) groups excluding carboxylic acids is 2. The minimum absolute atomic E-state index is 0.0509. The molecule has 2 aliphatic heterocycles. The highest BCUT2D eigenvalue weighted by molar-refractivity contribution is 6.08. The van der Waals surface area contributed by atoms with Crippen LogP contribution < -0.4 is 5.32 Å². The van der Waals surface area contributed by atoms with E-state index in [9.17, 15) is 9.59 Å². The normalized spacial score (nSPS) is 35.6. The second-order valence-electron chi connectivity index (χ2n) is 3.55. The highest BCUT2D eigenvalue weighted by Crippen LogP contribution is 2.30. The molecule has 1 spiro atoms. The lowest BCUT2D eigenvalue weighted by atomic mass is 9.96. The van der Waals surface area contributed by atoms with Gasteiger partial charge in [0.05, 0.1) is 6.42 Å². The lowest BCUT2D eigenvalue weighted by Gasteiger charge is -2.19. The SMILES string of the molecule is CN1C(=O)CC2(CCCN2)C1=O. The Morgan fingerprint density at radius 3 is 2.67 bits per heavy atom. The van der Waals surface area contributed by atoms with Gasteiger partial charge in [-0.2, -0.15) is 0 Å². The Morgan fingerprint density at radius 2 is 2.25 bits per heavy atom. The average Bonchev–Trinajstić information content (AvgIpc) is 2.57. The first kappa shape index (κ1) is 7.73. The zero-order chi connectivity index (χ0) is 8.77. The second kappa shape index (κ2) is 2.29. The Balaban J connectivity index is 2.29. The van der Waals surface area contributed by atoms with Crippen LogP contribution in [0.5, 0.6) is 0 Å². The van der Waals surface area contributed by atoms with Crippen molar-refractivity contribution >= 4 is 11.8 Å². The van der Waals surface area contributed by atoms with Crippen LogP contribution >= 0.6 is 0 Å². The molecule has 2 fully saturated rings. The van der Waals surface area contributed by atoms with E-state index in [2.05, 4.69) is 5.32 Å². The van der Waals surface area contributed by atoms with Crippen LogP contribution in [0.25, 0.3) is 0 Å². The van der Waals surface area contributed by atoms with Crippen LogP contribution in [-0.2, 0) is 9.59 Å². The van der Waals surface area contributed by atoms with Gasteiger partial charge in [0.1, 0.15) is 5.54 Å². The maximum Gasteiger partial charge on any atom is 0.249 e. The van der Waals surface area contributed by atoms with E-state index in [-0.39, 0.29) is 11.8 Å². The van der Waals surface area contributed by atoms with Crippen molar-refractivity contribution in [3.8, 4) is 0 Å². The van der Waals surface area contributed by atoms with Gasteiger partial charge in [0.25, 0.3) is 0 Å². The number of rotatable bonds is 0. The summed E-state index contributed by atoms with van der Waals surface area (Å²) in [7, 11) is 1.55. The first-order valence-corrected chi connectivity index (χ1v) is 4.22. The average molecular weight is 168 g/mol. The Hall–Kier alpha value is -0.900. The lowest BCUT2D eigenvalue weighted by molar-refractivity contribution is -0.138. The van der Waals surface area contributed by atoms with Crippen LogP contribution in [0.4, 0.5) is 0 Å². The summed E-state index contributed by atoms with van der Waals surface area (Å²) in [6.45, 7) is 0.854. The molecule has 0 aromatic carbocycles. The third-order valence-corrected chi connectivity index (χ3v) is 2.78. The third kappa shape index (κ3) is 0.813. The van der Waals surface area contributed by atoms with Gasteiger partial charge in [-0.25, -0.2) is 0 Å². The highest BCUT2D eigenvalue weighted by atomic mass is 16.2. The first-order valence-electron chi connectivity index (χ1n) is 4.22. The predicted molar refractivity (Wildman–Crippen MR) is 42.4 cm³/mol. The number of hydrogen-bond acceptors (Lipinski definition) is 3. The van der Waals surface area contributed by atoms with Crippen molar-refractivity contribution in [2.75, 3.05) is 13.6 Å². The first-order chi connectivity index (χ1) is 5.66. The number of amides is 2. The molecule has 2 aliphatic rings. The summed E-state index contributed by atoms with van der Waals surface area (Å²) >= 11 is 0. The third-order valence-electron chi connectivity index (χ3n) is 2.78. The highest BCUT2D eigenvalue weighted by Gasteiger charge is 2.51. The molecule has 0 bridgehead atoms. The van der Waals surface area contributed by atoms with E-state index in [1.54, 1.807) is 7.05 Å². The Bertz CT molecular complexity index is 243. The molecule has 66 valence electrons. The summed E-state index contributed by atoms with van der Waals surface area (Å²) in [5.74, 6) is -0.112. The fraction of sp³-hybridized carbons (Fsp3) is 0.750. The number of nitrogens with one attached hydrogen (secondary N) is 1. The maximum atomic E-state index is 11.6. The second-order valence-corrected chi connectivity index (χ2v) is 3.55. The number of imide groups is 1. The molecule has 2 heterocycles. The smallest absolute Gasteiger partial charge is 0.249 e. The van der Waals surface area contributed by atoms with Crippen molar-refractivity contribution in [2.45, 2.75) is 24.8 Å². The number of hydrogen-bond donors (Lipinski definition) is 1. The molecule has 0 saturated carbocycles. The fourth-order valence-corrected chi connectivity index (χ4v) is 2.03. The van der Waals surface area contributed by atoms with Crippen molar-refractivity contribution in [1.82, 2.24) is 10.2 Å². The molecule has 4 heteroatoms. The van der Waals surface area contributed by atoms with Gasteiger partial charge in [-0.05, 0) is 19.4 Å². The molecule has 2 amide bonds.